The average molecular weight is 586 g/mol. The molecule has 5 aromatic carbocycles. The van der Waals surface area contributed by atoms with E-state index in [1.165, 1.54) is 21.2 Å². The van der Waals surface area contributed by atoms with Crippen molar-refractivity contribution in [3.8, 4) is 0 Å². The van der Waals surface area contributed by atoms with Gasteiger partial charge in [-0.15, -0.1) is 0 Å². The quantitative estimate of drug-likeness (QED) is 0.188. The summed E-state index contributed by atoms with van der Waals surface area (Å²) in [6.07, 6.45) is 0. The van der Waals surface area contributed by atoms with Crippen LogP contribution in [0.4, 0.5) is 0 Å². The van der Waals surface area contributed by atoms with Crippen molar-refractivity contribution in [1.29, 1.82) is 0 Å². The van der Waals surface area contributed by atoms with Crippen molar-refractivity contribution in [2.45, 2.75) is 4.90 Å². The third-order valence-electron chi connectivity index (χ3n) is 6.27. The second-order valence-electron chi connectivity index (χ2n) is 8.84. The molecule has 7 nitrogen and oxygen atoms in total. The summed E-state index contributed by atoms with van der Waals surface area (Å²) in [7, 11) is -6.55. The van der Waals surface area contributed by atoms with Gasteiger partial charge >= 0.3 is 11.9 Å². The van der Waals surface area contributed by atoms with Crippen LogP contribution in [0.15, 0.2) is 144 Å². The molecule has 0 atom stereocenters. The Hall–Kier alpha value is -4.62. The standard InChI is InChI=1S/C24H20P.C8H6O7S/c1-5-13-21(14-6-1)25(22-15-7-2-8-16-22,23-17-9-3-10-18-23)24-19-11-4-12-20-24;9-7(10)4-1-5(8(11)12)3-6(2-4)16(13,14)15/h1-20H;1-3H,(H,9,10)(H,11,12)(H,13,14,15)/q+1;. The molecule has 9 heteroatoms. The van der Waals surface area contributed by atoms with E-state index in [0.717, 1.165) is 6.07 Å². The van der Waals surface area contributed by atoms with Crippen LogP contribution in [0.25, 0.3) is 0 Å². The number of carboxylic acid groups (broad SMARTS) is 2. The Balaban J connectivity index is 0.000000210. The fourth-order valence-electron chi connectivity index (χ4n) is 4.50. The molecule has 0 aliphatic heterocycles. The van der Waals surface area contributed by atoms with Gasteiger partial charge in [-0.05, 0) is 66.7 Å². The highest BCUT2D eigenvalue weighted by molar-refractivity contribution is 8.01. The zero-order valence-electron chi connectivity index (χ0n) is 21.6. The lowest BCUT2D eigenvalue weighted by Gasteiger charge is -2.27. The first kappa shape index (κ1) is 29.4. The van der Waals surface area contributed by atoms with Crippen LogP contribution in [0.2, 0.25) is 0 Å². The maximum absolute atomic E-state index is 10.8. The lowest BCUT2D eigenvalue weighted by molar-refractivity contribution is 0.0696. The van der Waals surface area contributed by atoms with Gasteiger partial charge in [-0.25, -0.2) is 9.59 Å². The van der Waals surface area contributed by atoms with Gasteiger partial charge in [-0.1, -0.05) is 72.8 Å². The second-order valence-corrected chi connectivity index (χ2v) is 13.7. The van der Waals surface area contributed by atoms with Crippen LogP contribution < -0.4 is 21.2 Å². The van der Waals surface area contributed by atoms with Crippen LogP contribution in [0, 0.1) is 0 Å². The molecular formula is C32H26O7PS+. The van der Waals surface area contributed by atoms with E-state index in [1.807, 2.05) is 0 Å². The Bertz CT molecular complexity index is 1550. The molecule has 0 aliphatic rings. The average Bonchev–Trinajstić information content (AvgIpc) is 2.99. The third-order valence-corrected chi connectivity index (χ3v) is 11.4. The Kier molecular flexibility index (Phi) is 9.10. The van der Waals surface area contributed by atoms with E-state index in [-0.39, 0.29) is 0 Å². The smallest absolute Gasteiger partial charge is 0.335 e. The second kappa shape index (κ2) is 12.7. The summed E-state index contributed by atoms with van der Waals surface area (Å²) in [6.45, 7) is 0. The predicted molar refractivity (Wildman–Crippen MR) is 161 cm³/mol. The van der Waals surface area contributed by atoms with Crippen molar-refractivity contribution in [2.75, 3.05) is 0 Å². The van der Waals surface area contributed by atoms with Gasteiger partial charge in [-0.3, -0.25) is 4.55 Å². The SMILES string of the molecule is O=C(O)c1cc(C(=O)O)cc(S(=O)(=O)O)c1.c1ccc([P+](c2ccccc2)(c2ccccc2)c2ccccc2)cc1. The largest absolute Gasteiger partial charge is 0.478 e. The van der Waals surface area contributed by atoms with Crippen molar-refractivity contribution < 1.29 is 32.8 Å². The maximum Gasteiger partial charge on any atom is 0.335 e. The first-order valence-corrected chi connectivity index (χ1v) is 15.6. The van der Waals surface area contributed by atoms with E-state index in [0.29, 0.717) is 12.1 Å². The third kappa shape index (κ3) is 6.58. The lowest BCUT2D eigenvalue weighted by atomic mass is 10.1. The molecule has 0 spiro atoms. The monoisotopic (exact) mass is 585 g/mol. The summed E-state index contributed by atoms with van der Waals surface area (Å²) in [5, 5.41) is 22.8. The Morgan fingerprint density at radius 2 is 0.756 bits per heavy atom. The van der Waals surface area contributed by atoms with Crippen LogP contribution in [0.3, 0.4) is 0 Å². The van der Waals surface area contributed by atoms with Gasteiger partial charge in [0.2, 0.25) is 0 Å². The van der Waals surface area contributed by atoms with Gasteiger partial charge in [0.05, 0.1) is 16.0 Å². The molecule has 41 heavy (non-hydrogen) atoms. The van der Waals surface area contributed by atoms with Crippen molar-refractivity contribution in [3.05, 3.63) is 151 Å². The number of rotatable bonds is 7. The highest BCUT2D eigenvalue weighted by Gasteiger charge is 2.47. The molecule has 0 radical (unpaired) electrons. The fourth-order valence-corrected chi connectivity index (χ4v) is 9.31. The van der Waals surface area contributed by atoms with E-state index in [4.69, 9.17) is 14.8 Å². The van der Waals surface area contributed by atoms with E-state index in [2.05, 4.69) is 121 Å². The van der Waals surface area contributed by atoms with Crippen molar-refractivity contribution in [3.63, 3.8) is 0 Å². The lowest BCUT2D eigenvalue weighted by Crippen LogP contribution is -2.38. The molecule has 0 saturated heterocycles. The Labute approximate surface area is 238 Å². The highest BCUT2D eigenvalue weighted by Crippen LogP contribution is 2.53. The number of benzene rings is 5. The van der Waals surface area contributed by atoms with Crippen molar-refractivity contribution in [2.24, 2.45) is 0 Å². The molecule has 0 amide bonds. The summed E-state index contributed by atoms with van der Waals surface area (Å²) in [4.78, 5) is 20.4. The summed E-state index contributed by atoms with van der Waals surface area (Å²) in [5.41, 5.74) is -1.07. The number of aromatic carboxylic acids is 2. The number of carbonyl (C=O) groups is 2. The molecule has 0 saturated carbocycles. The number of hydrogen-bond acceptors (Lipinski definition) is 4. The van der Waals surface area contributed by atoms with Gasteiger partial charge in [0.25, 0.3) is 10.1 Å². The van der Waals surface area contributed by atoms with Crippen LogP contribution in [-0.4, -0.2) is 35.1 Å². The predicted octanol–water partition coefficient (Wildman–Crippen LogP) is 4.64. The molecule has 3 N–H and O–H groups in total. The zero-order valence-corrected chi connectivity index (χ0v) is 23.3. The molecule has 0 aliphatic carbocycles. The molecule has 0 aromatic heterocycles. The van der Waals surface area contributed by atoms with Crippen molar-refractivity contribution >= 4 is 50.5 Å². The van der Waals surface area contributed by atoms with E-state index in [9.17, 15) is 18.0 Å². The minimum absolute atomic E-state index is 0.535. The first-order valence-electron chi connectivity index (χ1n) is 12.3. The van der Waals surface area contributed by atoms with E-state index < -0.39 is 45.3 Å². The zero-order chi connectivity index (χ0) is 29.5. The summed E-state index contributed by atoms with van der Waals surface area (Å²) in [5.74, 6) is -2.99. The first-order chi connectivity index (χ1) is 19.6. The van der Waals surface area contributed by atoms with E-state index >= 15 is 0 Å². The van der Waals surface area contributed by atoms with Gasteiger partial charge in [0.1, 0.15) is 28.5 Å². The minimum atomic E-state index is -4.64. The fraction of sp³-hybridized carbons (Fsp3) is 0. The van der Waals surface area contributed by atoms with Gasteiger partial charge in [0, 0.05) is 0 Å². The van der Waals surface area contributed by atoms with Crippen molar-refractivity contribution in [1.82, 2.24) is 0 Å². The van der Waals surface area contributed by atoms with Gasteiger partial charge in [0.15, 0.2) is 0 Å². The molecule has 0 bridgehead atoms. The van der Waals surface area contributed by atoms with Crippen LogP contribution in [0.5, 0.6) is 0 Å². The molecule has 0 unspecified atom stereocenters. The Morgan fingerprint density at radius 1 is 0.488 bits per heavy atom. The number of carboxylic acids is 2. The molecule has 5 aromatic rings. The number of hydrogen-bond donors (Lipinski definition) is 3. The maximum atomic E-state index is 10.8. The summed E-state index contributed by atoms with van der Waals surface area (Å²) >= 11 is 0. The Morgan fingerprint density at radius 3 is 0.976 bits per heavy atom. The van der Waals surface area contributed by atoms with E-state index in [1.54, 1.807) is 0 Å². The topological polar surface area (TPSA) is 129 Å². The molecule has 5 rings (SSSR count). The summed E-state index contributed by atoms with van der Waals surface area (Å²) in [6, 6.07) is 46.0. The van der Waals surface area contributed by atoms with Gasteiger partial charge < -0.3 is 10.2 Å². The molecular weight excluding hydrogens is 559 g/mol. The minimum Gasteiger partial charge on any atom is -0.478 e. The normalized spacial score (nSPS) is 11.1. The van der Waals surface area contributed by atoms with Gasteiger partial charge in [-0.2, -0.15) is 8.42 Å². The van der Waals surface area contributed by atoms with Crippen LogP contribution >= 0.6 is 7.26 Å². The molecule has 0 heterocycles. The summed E-state index contributed by atoms with van der Waals surface area (Å²) < 4.78 is 30.2. The van der Waals surface area contributed by atoms with Crippen LogP contribution in [-0.2, 0) is 10.1 Å². The molecule has 206 valence electrons. The molecule has 0 fully saturated rings. The van der Waals surface area contributed by atoms with Crippen LogP contribution in [0.1, 0.15) is 20.7 Å². The highest BCUT2D eigenvalue weighted by atomic mass is 32.2.